The molecule has 2 aromatic rings. The van der Waals surface area contributed by atoms with Crippen molar-refractivity contribution in [1.29, 1.82) is 0 Å². The minimum absolute atomic E-state index is 0.0000983. The van der Waals surface area contributed by atoms with Crippen LogP contribution in [0.25, 0.3) is 0 Å². The van der Waals surface area contributed by atoms with Crippen LogP contribution >= 0.6 is 0 Å². The van der Waals surface area contributed by atoms with E-state index in [4.69, 9.17) is 0 Å². The van der Waals surface area contributed by atoms with Gasteiger partial charge in [0, 0.05) is 11.6 Å². The van der Waals surface area contributed by atoms with Gasteiger partial charge in [-0.1, -0.05) is 48.5 Å². The van der Waals surface area contributed by atoms with Crippen molar-refractivity contribution in [3.8, 4) is 0 Å². The van der Waals surface area contributed by atoms with Gasteiger partial charge in [-0.2, -0.15) is 0 Å². The normalized spacial score (nSPS) is 24.7. The van der Waals surface area contributed by atoms with E-state index in [0.717, 1.165) is 5.56 Å². The van der Waals surface area contributed by atoms with Crippen molar-refractivity contribution in [2.45, 2.75) is 25.0 Å². The van der Waals surface area contributed by atoms with E-state index in [-0.39, 0.29) is 24.0 Å². The second-order valence-electron chi connectivity index (χ2n) is 5.33. The Kier molecular flexibility index (Phi) is 3.99. The van der Waals surface area contributed by atoms with Crippen molar-refractivity contribution < 1.29 is 4.79 Å². The predicted octanol–water partition coefficient (Wildman–Crippen LogP) is 2.02. The molecule has 0 bridgehead atoms. The Morgan fingerprint density at radius 2 is 1.57 bits per heavy atom. The molecule has 3 atom stereocenters. The third-order valence-corrected chi connectivity index (χ3v) is 3.86. The summed E-state index contributed by atoms with van der Waals surface area (Å²) in [6, 6.07) is 19.7. The Bertz CT molecular complexity index is 600. The summed E-state index contributed by atoms with van der Waals surface area (Å²) < 4.78 is 0. The summed E-state index contributed by atoms with van der Waals surface area (Å²) in [4.78, 5) is 12.4. The highest BCUT2D eigenvalue weighted by atomic mass is 16.1. The second-order valence-corrected chi connectivity index (χ2v) is 5.33. The first-order valence-electron chi connectivity index (χ1n) is 7.17. The van der Waals surface area contributed by atoms with Gasteiger partial charge in [0.05, 0.1) is 12.1 Å². The topological polar surface area (TPSA) is 53.2 Å². The Balaban J connectivity index is 1.78. The van der Waals surface area contributed by atoms with Gasteiger partial charge < -0.3 is 5.32 Å². The summed E-state index contributed by atoms with van der Waals surface area (Å²) >= 11 is 0. The van der Waals surface area contributed by atoms with Crippen LogP contribution in [-0.4, -0.2) is 18.0 Å². The molecule has 3 N–H and O–H groups in total. The van der Waals surface area contributed by atoms with E-state index < -0.39 is 0 Å². The van der Waals surface area contributed by atoms with Crippen molar-refractivity contribution >= 4 is 5.91 Å². The van der Waals surface area contributed by atoms with Gasteiger partial charge >= 0.3 is 0 Å². The zero-order valence-electron chi connectivity index (χ0n) is 11.9. The fraction of sp³-hybridized carbons (Fsp3) is 0.235. The Hall–Kier alpha value is -2.17. The van der Waals surface area contributed by atoms with Crippen LogP contribution in [0, 0.1) is 0 Å². The second kappa shape index (κ2) is 6.08. The van der Waals surface area contributed by atoms with Crippen LogP contribution in [0.15, 0.2) is 60.7 Å². The van der Waals surface area contributed by atoms with Crippen LogP contribution in [0.4, 0.5) is 0 Å². The van der Waals surface area contributed by atoms with Crippen molar-refractivity contribution in [3.05, 3.63) is 71.8 Å². The first-order chi connectivity index (χ1) is 10.3. The molecule has 0 saturated carbocycles. The first-order valence-corrected chi connectivity index (χ1v) is 7.17. The van der Waals surface area contributed by atoms with Gasteiger partial charge in [-0.25, -0.2) is 5.43 Å². The Morgan fingerprint density at radius 3 is 2.24 bits per heavy atom. The summed E-state index contributed by atoms with van der Waals surface area (Å²) in [7, 11) is 0. The zero-order valence-corrected chi connectivity index (χ0v) is 11.9. The quantitative estimate of drug-likeness (QED) is 0.807. The number of benzene rings is 2. The zero-order chi connectivity index (χ0) is 14.7. The summed E-state index contributed by atoms with van der Waals surface area (Å²) in [6.45, 7) is 2.06. The maximum Gasteiger partial charge on any atom is 0.251 e. The van der Waals surface area contributed by atoms with Crippen molar-refractivity contribution in [3.63, 3.8) is 0 Å². The van der Waals surface area contributed by atoms with E-state index in [9.17, 15) is 4.79 Å². The molecular formula is C17H19N3O. The molecule has 3 unspecified atom stereocenters. The molecule has 1 amide bonds. The van der Waals surface area contributed by atoms with E-state index >= 15 is 0 Å². The summed E-state index contributed by atoms with van der Waals surface area (Å²) in [6.07, 6.45) is 0. The van der Waals surface area contributed by atoms with Crippen LogP contribution in [0.5, 0.6) is 0 Å². The summed E-state index contributed by atoms with van der Waals surface area (Å²) in [5.41, 5.74) is 8.32. The molecule has 108 valence electrons. The summed E-state index contributed by atoms with van der Waals surface area (Å²) in [5.74, 6) is -0.0427. The number of rotatable bonds is 3. The van der Waals surface area contributed by atoms with Gasteiger partial charge in [-0.15, -0.1) is 0 Å². The molecule has 0 spiro atoms. The predicted molar refractivity (Wildman–Crippen MR) is 82.6 cm³/mol. The molecule has 4 heteroatoms. The van der Waals surface area contributed by atoms with Crippen molar-refractivity contribution in [2.75, 3.05) is 0 Å². The summed E-state index contributed by atoms with van der Waals surface area (Å²) in [5, 5.41) is 3.13. The molecule has 0 radical (unpaired) electrons. The standard InChI is InChI=1S/C17H19N3O/c1-12-15(18-17(21)14-10-6-3-7-11-14)16(20-19-12)13-8-4-2-5-9-13/h2-12,15-16,19-20H,1H3,(H,18,21). The molecule has 21 heavy (non-hydrogen) atoms. The number of amides is 1. The highest BCUT2D eigenvalue weighted by Crippen LogP contribution is 2.22. The highest BCUT2D eigenvalue weighted by Gasteiger charge is 2.35. The lowest BCUT2D eigenvalue weighted by molar-refractivity contribution is 0.0930. The maximum atomic E-state index is 12.4. The number of carbonyl (C=O) groups excluding carboxylic acids is 1. The first kappa shape index (κ1) is 13.8. The monoisotopic (exact) mass is 281 g/mol. The van der Waals surface area contributed by atoms with Crippen LogP contribution in [0.3, 0.4) is 0 Å². The van der Waals surface area contributed by atoms with Gasteiger partial charge in [0.15, 0.2) is 0 Å². The lowest BCUT2D eigenvalue weighted by atomic mass is 9.97. The SMILES string of the molecule is CC1NNC(c2ccccc2)C1NC(=O)c1ccccc1. The molecule has 4 nitrogen and oxygen atoms in total. The van der Waals surface area contributed by atoms with Crippen LogP contribution < -0.4 is 16.2 Å². The molecular weight excluding hydrogens is 262 g/mol. The van der Waals surface area contributed by atoms with Crippen molar-refractivity contribution in [2.24, 2.45) is 0 Å². The molecule has 1 fully saturated rings. The molecule has 3 rings (SSSR count). The average molecular weight is 281 g/mol. The number of hydrogen-bond acceptors (Lipinski definition) is 3. The van der Waals surface area contributed by atoms with Crippen LogP contribution in [-0.2, 0) is 0 Å². The molecule has 1 aliphatic heterocycles. The Morgan fingerprint density at radius 1 is 0.952 bits per heavy atom. The molecule has 0 aromatic heterocycles. The van der Waals surface area contributed by atoms with Gasteiger partial charge in [-0.3, -0.25) is 10.2 Å². The number of carbonyl (C=O) groups is 1. The molecule has 0 aliphatic carbocycles. The lowest BCUT2D eigenvalue weighted by Gasteiger charge is -2.22. The third-order valence-electron chi connectivity index (χ3n) is 3.86. The van der Waals surface area contributed by atoms with Gasteiger partial charge in [-0.05, 0) is 24.6 Å². The average Bonchev–Trinajstić information content (AvgIpc) is 2.90. The van der Waals surface area contributed by atoms with Gasteiger partial charge in [0.1, 0.15) is 0 Å². The third kappa shape index (κ3) is 2.96. The highest BCUT2D eigenvalue weighted by molar-refractivity contribution is 5.94. The van der Waals surface area contributed by atoms with Crippen LogP contribution in [0.2, 0.25) is 0 Å². The molecule has 1 saturated heterocycles. The van der Waals surface area contributed by atoms with E-state index in [2.05, 4.69) is 35.2 Å². The fourth-order valence-electron chi connectivity index (χ4n) is 2.67. The van der Waals surface area contributed by atoms with E-state index in [1.54, 1.807) is 0 Å². The number of hydrazine groups is 1. The van der Waals surface area contributed by atoms with E-state index in [1.807, 2.05) is 48.5 Å². The molecule has 2 aromatic carbocycles. The lowest BCUT2D eigenvalue weighted by Crippen LogP contribution is -2.44. The number of hydrogen-bond donors (Lipinski definition) is 3. The Labute approximate surface area is 124 Å². The smallest absolute Gasteiger partial charge is 0.251 e. The number of nitrogens with one attached hydrogen (secondary N) is 3. The molecule has 1 aliphatic rings. The molecule has 1 heterocycles. The fourth-order valence-corrected chi connectivity index (χ4v) is 2.67. The largest absolute Gasteiger partial charge is 0.346 e. The maximum absolute atomic E-state index is 12.4. The van der Waals surface area contributed by atoms with E-state index in [0.29, 0.717) is 5.56 Å². The minimum Gasteiger partial charge on any atom is -0.346 e. The van der Waals surface area contributed by atoms with E-state index in [1.165, 1.54) is 0 Å². The van der Waals surface area contributed by atoms with Crippen LogP contribution in [0.1, 0.15) is 28.9 Å². The van der Waals surface area contributed by atoms with Crippen molar-refractivity contribution in [1.82, 2.24) is 16.2 Å². The van der Waals surface area contributed by atoms with Gasteiger partial charge in [0.2, 0.25) is 0 Å². The van der Waals surface area contributed by atoms with Gasteiger partial charge in [0.25, 0.3) is 5.91 Å². The minimum atomic E-state index is -0.0427.